The second-order valence-corrected chi connectivity index (χ2v) is 6.33. The molecular weight excluding hydrogens is 353 g/mol. The second-order valence-electron chi connectivity index (χ2n) is 5.47. The number of aliphatic imine (C=N–C) groups is 1. The minimum atomic E-state index is -0.443. The van der Waals surface area contributed by atoms with Crippen LogP contribution in [0.2, 0.25) is 0 Å². The van der Waals surface area contributed by atoms with E-state index in [0.29, 0.717) is 34.0 Å². The molecule has 26 heavy (non-hydrogen) atoms. The van der Waals surface area contributed by atoms with E-state index >= 15 is 0 Å². The van der Waals surface area contributed by atoms with Gasteiger partial charge in [0.05, 0.1) is 17.5 Å². The molecule has 0 amide bonds. The van der Waals surface area contributed by atoms with Crippen molar-refractivity contribution in [3.63, 3.8) is 0 Å². The summed E-state index contributed by atoms with van der Waals surface area (Å²) in [5, 5.41) is 8.83. The third kappa shape index (κ3) is 4.45. The van der Waals surface area contributed by atoms with Gasteiger partial charge < -0.3 is 15.4 Å². The van der Waals surface area contributed by atoms with Crippen molar-refractivity contribution < 1.29 is 9.13 Å². The lowest BCUT2D eigenvalue weighted by Crippen LogP contribution is -2.35. The largest absolute Gasteiger partial charge is 0.439 e. The molecule has 0 saturated carbocycles. The average Bonchev–Trinajstić information content (AvgIpc) is 3.11. The minimum absolute atomic E-state index is 0.308. The molecule has 2 aromatic rings. The van der Waals surface area contributed by atoms with Gasteiger partial charge in [0.2, 0.25) is 5.88 Å². The molecule has 6 nitrogen and oxygen atoms in total. The summed E-state index contributed by atoms with van der Waals surface area (Å²) >= 11 is 1.41. The van der Waals surface area contributed by atoms with E-state index in [4.69, 9.17) is 4.74 Å². The van der Waals surface area contributed by atoms with Gasteiger partial charge in [0.15, 0.2) is 11.1 Å². The Morgan fingerprint density at radius 1 is 1.42 bits per heavy atom. The van der Waals surface area contributed by atoms with Crippen LogP contribution in [-0.4, -0.2) is 29.0 Å². The Bertz CT molecular complexity index is 859. The van der Waals surface area contributed by atoms with Crippen LogP contribution in [0.25, 0.3) is 11.3 Å². The average molecular weight is 373 g/mol. The molecule has 0 spiro atoms. The van der Waals surface area contributed by atoms with Gasteiger partial charge >= 0.3 is 0 Å². The van der Waals surface area contributed by atoms with Crippen molar-refractivity contribution in [1.29, 1.82) is 0 Å². The van der Waals surface area contributed by atoms with Crippen LogP contribution in [0, 0.1) is 5.82 Å². The molecule has 0 fully saturated rings. The third-order valence-electron chi connectivity index (χ3n) is 3.55. The first kappa shape index (κ1) is 18.1. The number of allylic oxidation sites excluding steroid dienone is 3. The lowest BCUT2D eigenvalue weighted by molar-refractivity contribution is 0.425. The van der Waals surface area contributed by atoms with Gasteiger partial charge in [-0.05, 0) is 38.5 Å². The second kappa shape index (κ2) is 8.57. The van der Waals surface area contributed by atoms with Gasteiger partial charge in [0, 0.05) is 18.5 Å². The monoisotopic (exact) mass is 373 g/mol. The van der Waals surface area contributed by atoms with Crippen molar-refractivity contribution >= 4 is 22.4 Å². The summed E-state index contributed by atoms with van der Waals surface area (Å²) in [6, 6.07) is 1.38. The van der Waals surface area contributed by atoms with Crippen LogP contribution in [0.3, 0.4) is 0 Å². The molecule has 0 aromatic carbocycles. The number of ether oxygens (including phenoxy) is 1. The summed E-state index contributed by atoms with van der Waals surface area (Å²) in [5.74, 6) is 1.20. The number of guanidine groups is 1. The zero-order chi connectivity index (χ0) is 18.4. The predicted octanol–water partition coefficient (Wildman–Crippen LogP) is 3.96. The number of hydrogen-bond acceptors (Lipinski definition) is 7. The molecule has 3 heterocycles. The fraction of sp³-hybridized carbons (Fsp3) is 0.278. The first-order valence-electron chi connectivity index (χ1n) is 8.33. The van der Waals surface area contributed by atoms with Crippen LogP contribution in [0.4, 0.5) is 9.52 Å². The van der Waals surface area contributed by atoms with E-state index in [1.807, 2.05) is 37.5 Å². The number of rotatable bonds is 5. The van der Waals surface area contributed by atoms with Gasteiger partial charge in [0.1, 0.15) is 11.6 Å². The number of thiazole rings is 1. The summed E-state index contributed by atoms with van der Waals surface area (Å²) in [5.41, 5.74) is 1.09. The fourth-order valence-electron chi connectivity index (χ4n) is 2.33. The van der Waals surface area contributed by atoms with E-state index in [1.54, 1.807) is 0 Å². The van der Waals surface area contributed by atoms with E-state index < -0.39 is 5.82 Å². The summed E-state index contributed by atoms with van der Waals surface area (Å²) in [6.07, 6.45) is 7.64. The Balaban J connectivity index is 1.86. The summed E-state index contributed by atoms with van der Waals surface area (Å²) < 4.78 is 19.6. The molecule has 0 radical (unpaired) electrons. The quantitative estimate of drug-likeness (QED) is 0.613. The maximum Gasteiger partial charge on any atom is 0.228 e. The SMILES string of the molecule is C/C=C\C(=C/C)Oc1ncc(F)cc1-c1csc(NC2=NCCCN2)n1. The number of hydrogen-bond donors (Lipinski definition) is 2. The highest BCUT2D eigenvalue weighted by Crippen LogP contribution is 2.32. The smallest absolute Gasteiger partial charge is 0.228 e. The standard InChI is InChI=1S/C18H20FN5OS/c1-3-6-13(4-2)25-16-14(9-12(19)10-22-16)15-11-26-18(23-15)24-17-20-7-5-8-21-17/h3-4,6,9-11H,5,7-8H2,1-2H3,(H2,20,21,23,24)/b6-3-,13-4+. The van der Waals surface area contributed by atoms with E-state index in [9.17, 15) is 4.39 Å². The van der Waals surface area contributed by atoms with Gasteiger partial charge in [-0.25, -0.2) is 14.4 Å². The highest BCUT2D eigenvalue weighted by atomic mass is 32.1. The molecule has 8 heteroatoms. The summed E-state index contributed by atoms with van der Waals surface area (Å²) in [4.78, 5) is 13.0. The van der Waals surface area contributed by atoms with E-state index in [-0.39, 0.29) is 0 Å². The number of nitrogens with one attached hydrogen (secondary N) is 2. The molecule has 136 valence electrons. The van der Waals surface area contributed by atoms with Gasteiger partial charge in [-0.3, -0.25) is 4.99 Å². The van der Waals surface area contributed by atoms with Gasteiger partial charge in [-0.15, -0.1) is 11.3 Å². The van der Waals surface area contributed by atoms with Crippen molar-refractivity contribution in [2.45, 2.75) is 20.3 Å². The highest BCUT2D eigenvalue weighted by molar-refractivity contribution is 7.14. The lowest BCUT2D eigenvalue weighted by Gasteiger charge is -2.14. The molecule has 2 aromatic heterocycles. The van der Waals surface area contributed by atoms with Crippen molar-refractivity contribution in [3.8, 4) is 17.1 Å². The molecule has 0 unspecified atom stereocenters. The summed E-state index contributed by atoms with van der Waals surface area (Å²) in [7, 11) is 0. The number of nitrogens with zero attached hydrogens (tertiary/aromatic N) is 3. The van der Waals surface area contributed by atoms with Crippen molar-refractivity contribution in [3.05, 3.63) is 47.4 Å². The molecule has 1 aliphatic rings. The molecule has 2 N–H and O–H groups in total. The van der Waals surface area contributed by atoms with Crippen LogP contribution < -0.4 is 15.4 Å². The molecule has 0 saturated heterocycles. The van der Waals surface area contributed by atoms with E-state index in [2.05, 4.69) is 25.6 Å². The summed E-state index contributed by atoms with van der Waals surface area (Å²) in [6.45, 7) is 5.43. The number of halogens is 1. The zero-order valence-electron chi connectivity index (χ0n) is 14.6. The molecule has 1 aliphatic heterocycles. The molecule has 3 rings (SSSR count). The highest BCUT2D eigenvalue weighted by Gasteiger charge is 2.15. The maximum absolute atomic E-state index is 13.8. The van der Waals surface area contributed by atoms with Gasteiger partial charge in [0.25, 0.3) is 0 Å². The van der Waals surface area contributed by atoms with E-state index in [0.717, 1.165) is 25.7 Å². The van der Waals surface area contributed by atoms with E-state index in [1.165, 1.54) is 17.4 Å². The predicted molar refractivity (Wildman–Crippen MR) is 103 cm³/mol. The first-order chi connectivity index (χ1) is 12.7. The fourth-order valence-corrected chi connectivity index (χ4v) is 3.04. The Labute approximate surface area is 155 Å². The Morgan fingerprint density at radius 3 is 3.04 bits per heavy atom. The van der Waals surface area contributed by atoms with Crippen LogP contribution in [-0.2, 0) is 0 Å². The van der Waals surface area contributed by atoms with Gasteiger partial charge in [-0.1, -0.05) is 6.08 Å². The molecular formula is C18H20FN5OS. The van der Waals surface area contributed by atoms with Crippen molar-refractivity contribution in [1.82, 2.24) is 15.3 Å². The molecule has 0 aliphatic carbocycles. The molecule has 0 atom stereocenters. The van der Waals surface area contributed by atoms with Crippen LogP contribution in [0.1, 0.15) is 20.3 Å². The molecule has 0 bridgehead atoms. The Kier molecular flexibility index (Phi) is 5.96. The maximum atomic E-state index is 13.8. The first-order valence-corrected chi connectivity index (χ1v) is 9.21. The lowest BCUT2D eigenvalue weighted by atomic mass is 10.2. The number of aromatic nitrogens is 2. The number of anilines is 1. The van der Waals surface area contributed by atoms with Crippen LogP contribution in [0.15, 0.2) is 46.6 Å². The number of pyridine rings is 1. The zero-order valence-corrected chi connectivity index (χ0v) is 15.4. The third-order valence-corrected chi connectivity index (χ3v) is 4.31. The van der Waals surface area contributed by atoms with Crippen LogP contribution >= 0.6 is 11.3 Å². The Morgan fingerprint density at radius 2 is 2.31 bits per heavy atom. The Hall–Kier alpha value is -2.74. The van der Waals surface area contributed by atoms with Crippen molar-refractivity contribution in [2.24, 2.45) is 4.99 Å². The normalized spacial score (nSPS) is 14.9. The topological polar surface area (TPSA) is 71.4 Å². The van der Waals surface area contributed by atoms with Crippen molar-refractivity contribution in [2.75, 3.05) is 18.4 Å². The van der Waals surface area contributed by atoms with Crippen LogP contribution in [0.5, 0.6) is 5.88 Å². The minimum Gasteiger partial charge on any atom is -0.439 e. The van der Waals surface area contributed by atoms with Gasteiger partial charge in [-0.2, -0.15) is 0 Å².